The highest BCUT2D eigenvalue weighted by Gasteiger charge is 2.62. The Labute approximate surface area is 208 Å². The quantitative estimate of drug-likeness (QED) is 0.385. The molecule has 3 atom stereocenters. The summed E-state index contributed by atoms with van der Waals surface area (Å²) < 4.78 is 21.3. The van der Waals surface area contributed by atoms with Crippen molar-refractivity contribution < 1.29 is 19.0 Å². The van der Waals surface area contributed by atoms with E-state index >= 15 is 0 Å². The number of rotatable bonds is 4. The van der Waals surface area contributed by atoms with E-state index in [2.05, 4.69) is 35.9 Å². The van der Waals surface area contributed by atoms with Gasteiger partial charge < -0.3 is 19.9 Å². The molecule has 0 radical (unpaired) electrons. The minimum Gasteiger partial charge on any atom is -0.490 e. The maximum atomic E-state index is 11.9. The molecular formula is C24H23BrN6O4. The number of esters is 1. The molecule has 0 unspecified atom stereocenters. The number of hydrogen-bond acceptors (Lipinski definition) is 9. The third-order valence-corrected chi connectivity index (χ3v) is 7.43. The van der Waals surface area contributed by atoms with E-state index in [1.54, 1.807) is 17.1 Å². The summed E-state index contributed by atoms with van der Waals surface area (Å²) in [6.45, 7) is 3.45. The number of ether oxygens (including phenoxy) is 3. The van der Waals surface area contributed by atoms with Gasteiger partial charge in [-0.1, -0.05) is 6.92 Å². The lowest BCUT2D eigenvalue weighted by molar-refractivity contribution is -0.171. The highest BCUT2D eigenvalue weighted by Crippen LogP contribution is 2.54. The van der Waals surface area contributed by atoms with Gasteiger partial charge in [-0.25, -0.2) is 15.0 Å². The average Bonchev–Trinajstić information content (AvgIpc) is 3.34. The zero-order valence-corrected chi connectivity index (χ0v) is 20.7. The molecule has 1 aliphatic heterocycles. The van der Waals surface area contributed by atoms with Crippen LogP contribution in [-0.4, -0.2) is 48.3 Å². The van der Waals surface area contributed by atoms with Crippen molar-refractivity contribution in [3.05, 3.63) is 47.6 Å². The molecule has 1 aromatic carbocycles. The number of benzene rings is 1. The molecule has 180 valence electrons. The first kappa shape index (κ1) is 22.2. The second-order valence-corrected chi connectivity index (χ2v) is 10.1. The minimum atomic E-state index is -0.586. The van der Waals surface area contributed by atoms with Crippen molar-refractivity contribution in [2.45, 2.75) is 50.7 Å². The van der Waals surface area contributed by atoms with Gasteiger partial charge in [0.2, 0.25) is 0 Å². The van der Waals surface area contributed by atoms with Gasteiger partial charge in [0.25, 0.3) is 0 Å². The van der Waals surface area contributed by atoms with Gasteiger partial charge >= 0.3 is 5.97 Å². The van der Waals surface area contributed by atoms with Gasteiger partial charge in [0, 0.05) is 47.8 Å². The SMILES string of the molecule is CC(=O)O[C@H]1[C@H](n2cnc3c(N)ncnc32)OC2(CC(Oc3ccc4cc(Br)cnc4c3)C2)[C@H]1C. The molecule has 4 heterocycles. The number of nitrogens with zero attached hydrogens (tertiary/aromatic N) is 5. The molecule has 2 aliphatic rings. The Morgan fingerprint density at radius 2 is 2.06 bits per heavy atom. The average molecular weight is 539 g/mol. The Morgan fingerprint density at radius 1 is 1.23 bits per heavy atom. The van der Waals surface area contributed by atoms with Crippen LogP contribution >= 0.6 is 15.9 Å². The molecule has 1 saturated heterocycles. The number of carbonyl (C=O) groups excluding carboxylic acids is 1. The van der Waals surface area contributed by atoms with Crippen molar-refractivity contribution in [3.63, 3.8) is 0 Å². The van der Waals surface area contributed by atoms with Gasteiger partial charge in [-0.2, -0.15) is 0 Å². The highest BCUT2D eigenvalue weighted by atomic mass is 79.9. The molecule has 1 saturated carbocycles. The van der Waals surface area contributed by atoms with Crippen LogP contribution in [0.4, 0.5) is 5.82 Å². The van der Waals surface area contributed by atoms with E-state index in [-0.39, 0.29) is 23.8 Å². The molecule has 35 heavy (non-hydrogen) atoms. The number of nitrogen functional groups attached to an aromatic ring is 1. The lowest BCUT2D eigenvalue weighted by Gasteiger charge is -2.46. The van der Waals surface area contributed by atoms with Gasteiger partial charge in [0.15, 0.2) is 23.8 Å². The van der Waals surface area contributed by atoms with Crippen molar-refractivity contribution in [1.82, 2.24) is 24.5 Å². The van der Waals surface area contributed by atoms with Crippen LogP contribution in [0, 0.1) is 5.92 Å². The summed E-state index contributed by atoms with van der Waals surface area (Å²) in [6.07, 6.45) is 4.97. The lowest BCUT2D eigenvalue weighted by atomic mass is 9.69. The molecular weight excluding hydrogens is 516 g/mol. The topological polar surface area (TPSA) is 127 Å². The molecule has 0 amide bonds. The predicted octanol–water partition coefficient (Wildman–Crippen LogP) is 3.80. The number of nitrogens with two attached hydrogens (primary N) is 1. The van der Waals surface area contributed by atoms with E-state index in [1.807, 2.05) is 31.2 Å². The number of pyridine rings is 1. The van der Waals surface area contributed by atoms with Crippen LogP contribution in [0.25, 0.3) is 22.1 Å². The fourth-order valence-corrected chi connectivity index (χ4v) is 5.54. The first-order valence-electron chi connectivity index (χ1n) is 11.3. The Kier molecular flexibility index (Phi) is 5.15. The number of anilines is 1. The van der Waals surface area contributed by atoms with Crippen molar-refractivity contribution in [2.24, 2.45) is 5.92 Å². The lowest BCUT2D eigenvalue weighted by Crippen LogP contribution is -2.54. The Hall–Kier alpha value is -3.31. The largest absolute Gasteiger partial charge is 0.490 e. The molecule has 4 aromatic rings. The molecule has 0 bridgehead atoms. The normalized spacial score (nSPS) is 27.9. The van der Waals surface area contributed by atoms with E-state index < -0.39 is 17.9 Å². The number of aromatic nitrogens is 5. The van der Waals surface area contributed by atoms with E-state index in [9.17, 15) is 4.79 Å². The summed E-state index contributed by atoms with van der Waals surface area (Å²) in [7, 11) is 0. The smallest absolute Gasteiger partial charge is 0.303 e. The van der Waals surface area contributed by atoms with Crippen molar-refractivity contribution >= 4 is 49.8 Å². The zero-order valence-electron chi connectivity index (χ0n) is 19.1. The van der Waals surface area contributed by atoms with Gasteiger partial charge in [-0.05, 0) is 34.1 Å². The Balaban J connectivity index is 1.24. The molecule has 3 aromatic heterocycles. The van der Waals surface area contributed by atoms with Crippen molar-refractivity contribution in [3.8, 4) is 5.75 Å². The molecule has 1 spiro atoms. The fraction of sp³-hybridized carbons (Fsp3) is 0.375. The number of hydrogen-bond donors (Lipinski definition) is 1. The maximum Gasteiger partial charge on any atom is 0.303 e. The van der Waals surface area contributed by atoms with Gasteiger partial charge in [0.05, 0.1) is 17.4 Å². The first-order valence-corrected chi connectivity index (χ1v) is 12.1. The Morgan fingerprint density at radius 3 is 2.86 bits per heavy atom. The molecule has 1 aliphatic carbocycles. The van der Waals surface area contributed by atoms with Crippen LogP contribution < -0.4 is 10.5 Å². The van der Waals surface area contributed by atoms with E-state index in [1.165, 1.54) is 13.3 Å². The van der Waals surface area contributed by atoms with Crippen LogP contribution in [0.5, 0.6) is 5.75 Å². The molecule has 2 N–H and O–H groups in total. The second kappa shape index (κ2) is 8.13. The zero-order chi connectivity index (χ0) is 24.3. The standard InChI is InChI=1S/C24H23BrN6O4/c1-12-20(33-13(2)32)23(31-11-30-19-21(26)28-10-29-22(19)31)35-24(12)7-17(8-24)34-16-4-3-14-5-15(25)9-27-18(14)6-16/h3-6,9-12,17,20,23H,7-8H2,1-2H3,(H2,26,28,29)/t12-,17?,20+,23+,24?/m0/s1. The summed E-state index contributed by atoms with van der Waals surface area (Å²) >= 11 is 3.45. The first-order chi connectivity index (χ1) is 16.8. The monoisotopic (exact) mass is 538 g/mol. The van der Waals surface area contributed by atoms with E-state index in [0.29, 0.717) is 24.0 Å². The number of imidazole rings is 1. The molecule has 11 heteroatoms. The number of fused-ring (bicyclic) bond motifs is 2. The summed E-state index contributed by atoms with van der Waals surface area (Å²) in [5.74, 6) is 0.614. The van der Waals surface area contributed by atoms with Gasteiger partial charge in [-0.3, -0.25) is 14.3 Å². The summed E-state index contributed by atoms with van der Waals surface area (Å²) in [5, 5.41) is 1.04. The van der Waals surface area contributed by atoms with Crippen LogP contribution in [-0.2, 0) is 14.3 Å². The molecule has 2 fully saturated rings. The van der Waals surface area contributed by atoms with Gasteiger partial charge in [0.1, 0.15) is 23.7 Å². The predicted molar refractivity (Wildman–Crippen MR) is 130 cm³/mol. The van der Waals surface area contributed by atoms with Crippen molar-refractivity contribution in [1.29, 1.82) is 0 Å². The highest BCUT2D eigenvalue weighted by molar-refractivity contribution is 9.10. The fourth-order valence-electron chi connectivity index (χ4n) is 5.19. The van der Waals surface area contributed by atoms with Crippen molar-refractivity contribution in [2.75, 3.05) is 5.73 Å². The van der Waals surface area contributed by atoms with Crippen LogP contribution in [0.2, 0.25) is 0 Å². The van der Waals surface area contributed by atoms with Crippen LogP contribution in [0.3, 0.4) is 0 Å². The van der Waals surface area contributed by atoms with Gasteiger partial charge in [-0.15, -0.1) is 0 Å². The summed E-state index contributed by atoms with van der Waals surface area (Å²) in [5.41, 5.74) is 7.35. The van der Waals surface area contributed by atoms with Crippen LogP contribution in [0.1, 0.15) is 32.9 Å². The third kappa shape index (κ3) is 3.69. The summed E-state index contributed by atoms with van der Waals surface area (Å²) in [6, 6.07) is 7.91. The molecule has 10 nitrogen and oxygen atoms in total. The van der Waals surface area contributed by atoms with E-state index in [0.717, 1.165) is 21.1 Å². The second-order valence-electron chi connectivity index (χ2n) is 9.18. The molecule has 6 rings (SSSR count). The summed E-state index contributed by atoms with van der Waals surface area (Å²) in [4.78, 5) is 29.1. The third-order valence-electron chi connectivity index (χ3n) is 6.99. The maximum absolute atomic E-state index is 11.9. The Bertz CT molecular complexity index is 1450. The number of carbonyl (C=O) groups is 1. The number of halogens is 1. The van der Waals surface area contributed by atoms with Crippen LogP contribution in [0.15, 0.2) is 47.6 Å². The minimum absolute atomic E-state index is 0.0282. The van der Waals surface area contributed by atoms with E-state index in [4.69, 9.17) is 19.9 Å².